The number of anilines is 1. The first kappa shape index (κ1) is 17.2. The second-order valence-electron chi connectivity index (χ2n) is 5.78. The summed E-state index contributed by atoms with van der Waals surface area (Å²) >= 11 is 9.77. The number of carbonyl (C=O) groups excluding carboxylic acids is 1. The number of rotatable bonds is 5. The number of nitrogens with zero attached hydrogens (tertiary/aromatic N) is 2. The minimum Gasteiger partial charge on any atom is -0.464 e. The standard InChI is InChI=1S/C17H17BrClN3O2/c1-9(10-5-7-12(18)8-6-10)20-16-13(19)14(17(23)24-2)21-15(22-16)11-3-4-11/h5-9,11H,3-4H2,1-2H3,(H,20,21,22). The maximum Gasteiger partial charge on any atom is 0.358 e. The van der Waals surface area contributed by atoms with E-state index in [2.05, 4.69) is 31.2 Å². The van der Waals surface area contributed by atoms with E-state index in [1.165, 1.54) is 7.11 Å². The van der Waals surface area contributed by atoms with E-state index >= 15 is 0 Å². The summed E-state index contributed by atoms with van der Waals surface area (Å²) in [5.74, 6) is 0.854. The predicted molar refractivity (Wildman–Crippen MR) is 96.5 cm³/mol. The van der Waals surface area contributed by atoms with Gasteiger partial charge in [0.05, 0.1) is 7.11 Å². The van der Waals surface area contributed by atoms with Crippen molar-refractivity contribution >= 4 is 39.3 Å². The fourth-order valence-electron chi connectivity index (χ4n) is 2.36. The average Bonchev–Trinajstić information content (AvgIpc) is 3.41. The average molecular weight is 411 g/mol. The van der Waals surface area contributed by atoms with E-state index in [1.807, 2.05) is 31.2 Å². The lowest BCUT2D eigenvalue weighted by molar-refractivity contribution is 0.0593. The van der Waals surface area contributed by atoms with Crippen LogP contribution in [0.5, 0.6) is 0 Å². The number of carbonyl (C=O) groups is 1. The zero-order chi connectivity index (χ0) is 17.3. The van der Waals surface area contributed by atoms with E-state index < -0.39 is 5.97 Å². The topological polar surface area (TPSA) is 64.1 Å². The Morgan fingerprint density at radius 1 is 1.33 bits per heavy atom. The molecule has 7 heteroatoms. The van der Waals surface area contributed by atoms with E-state index in [-0.39, 0.29) is 16.8 Å². The fraction of sp³-hybridized carbons (Fsp3) is 0.353. The van der Waals surface area contributed by atoms with Crippen LogP contribution in [-0.2, 0) is 4.74 Å². The summed E-state index contributed by atoms with van der Waals surface area (Å²) in [5.41, 5.74) is 1.20. The van der Waals surface area contributed by atoms with Gasteiger partial charge in [-0.25, -0.2) is 14.8 Å². The molecule has 0 amide bonds. The molecule has 0 bridgehead atoms. The summed E-state index contributed by atoms with van der Waals surface area (Å²) in [4.78, 5) is 20.8. The van der Waals surface area contributed by atoms with Gasteiger partial charge in [-0.05, 0) is 37.5 Å². The zero-order valence-corrected chi connectivity index (χ0v) is 15.7. The lowest BCUT2D eigenvalue weighted by atomic mass is 10.1. The van der Waals surface area contributed by atoms with Crippen molar-refractivity contribution in [2.24, 2.45) is 0 Å². The molecule has 1 aliphatic carbocycles. The summed E-state index contributed by atoms with van der Waals surface area (Å²) in [7, 11) is 1.31. The van der Waals surface area contributed by atoms with Crippen LogP contribution in [0.3, 0.4) is 0 Å². The highest BCUT2D eigenvalue weighted by atomic mass is 79.9. The van der Waals surface area contributed by atoms with Crippen molar-refractivity contribution in [1.29, 1.82) is 0 Å². The highest BCUT2D eigenvalue weighted by Crippen LogP contribution is 2.40. The lowest BCUT2D eigenvalue weighted by Crippen LogP contribution is -2.14. The van der Waals surface area contributed by atoms with Crippen LogP contribution in [-0.4, -0.2) is 23.0 Å². The third-order valence-corrected chi connectivity index (χ3v) is 4.80. The van der Waals surface area contributed by atoms with E-state index in [1.54, 1.807) is 0 Å². The van der Waals surface area contributed by atoms with Crippen molar-refractivity contribution in [1.82, 2.24) is 9.97 Å². The molecule has 0 spiro atoms. The molecule has 0 radical (unpaired) electrons. The molecule has 0 aliphatic heterocycles. The van der Waals surface area contributed by atoms with Crippen LogP contribution in [0.2, 0.25) is 5.02 Å². The first-order valence-electron chi connectivity index (χ1n) is 7.67. The number of ether oxygens (including phenoxy) is 1. The number of hydrogen-bond donors (Lipinski definition) is 1. The molecule has 1 aliphatic rings. The van der Waals surface area contributed by atoms with Crippen LogP contribution in [0.25, 0.3) is 0 Å². The molecule has 1 unspecified atom stereocenters. The molecule has 1 fully saturated rings. The quantitative estimate of drug-likeness (QED) is 0.722. The normalized spacial score (nSPS) is 15.0. The molecular weight excluding hydrogens is 394 g/mol. The minimum atomic E-state index is -0.552. The maximum atomic E-state index is 11.9. The number of hydrogen-bond acceptors (Lipinski definition) is 5. The Labute approximate surface area is 153 Å². The van der Waals surface area contributed by atoms with Crippen molar-refractivity contribution in [3.8, 4) is 0 Å². The Hall–Kier alpha value is -1.66. The zero-order valence-electron chi connectivity index (χ0n) is 13.3. The molecule has 24 heavy (non-hydrogen) atoms. The van der Waals surface area contributed by atoms with Crippen molar-refractivity contribution < 1.29 is 9.53 Å². The third kappa shape index (κ3) is 3.70. The summed E-state index contributed by atoms with van der Waals surface area (Å²) < 4.78 is 5.80. The Balaban J connectivity index is 1.92. The largest absolute Gasteiger partial charge is 0.464 e. The van der Waals surface area contributed by atoms with Crippen LogP contribution in [0.15, 0.2) is 28.7 Å². The number of benzene rings is 1. The summed E-state index contributed by atoms with van der Waals surface area (Å²) in [6.45, 7) is 2.01. The lowest BCUT2D eigenvalue weighted by Gasteiger charge is -2.17. The van der Waals surface area contributed by atoms with Gasteiger partial charge in [-0.1, -0.05) is 39.7 Å². The van der Waals surface area contributed by atoms with Gasteiger partial charge in [-0.2, -0.15) is 0 Å². The van der Waals surface area contributed by atoms with Gasteiger partial charge >= 0.3 is 5.97 Å². The smallest absolute Gasteiger partial charge is 0.358 e. The van der Waals surface area contributed by atoms with Gasteiger partial charge in [-0.3, -0.25) is 0 Å². The number of aromatic nitrogens is 2. The Morgan fingerprint density at radius 3 is 2.58 bits per heavy atom. The number of nitrogens with one attached hydrogen (secondary N) is 1. The van der Waals surface area contributed by atoms with Crippen molar-refractivity contribution in [2.75, 3.05) is 12.4 Å². The van der Waals surface area contributed by atoms with E-state index in [4.69, 9.17) is 16.3 Å². The third-order valence-electron chi connectivity index (χ3n) is 3.91. The van der Waals surface area contributed by atoms with Crippen molar-refractivity contribution in [3.63, 3.8) is 0 Å². The summed E-state index contributed by atoms with van der Waals surface area (Å²) in [5, 5.41) is 3.47. The van der Waals surface area contributed by atoms with E-state index in [9.17, 15) is 4.79 Å². The van der Waals surface area contributed by atoms with Crippen LogP contribution in [0.1, 0.15) is 53.6 Å². The Kier molecular flexibility index (Phi) is 5.06. The van der Waals surface area contributed by atoms with Gasteiger partial charge in [0.15, 0.2) is 5.69 Å². The monoisotopic (exact) mass is 409 g/mol. The SMILES string of the molecule is COC(=O)c1nc(C2CC2)nc(NC(C)c2ccc(Br)cc2)c1Cl. The predicted octanol–water partition coefficient (Wildman–Crippen LogP) is 4.73. The molecule has 1 aromatic carbocycles. The maximum absolute atomic E-state index is 11.9. The van der Waals surface area contributed by atoms with E-state index in [0.29, 0.717) is 17.6 Å². The molecular formula is C17H17BrClN3O2. The number of esters is 1. The van der Waals surface area contributed by atoms with Crippen molar-refractivity contribution in [2.45, 2.75) is 31.7 Å². The first-order chi connectivity index (χ1) is 11.5. The second kappa shape index (κ2) is 7.07. The molecule has 1 heterocycles. The molecule has 126 valence electrons. The Bertz CT molecular complexity index is 763. The molecule has 2 aromatic rings. The minimum absolute atomic E-state index is 0.0250. The molecule has 0 saturated heterocycles. The summed E-state index contributed by atoms with van der Waals surface area (Å²) in [6.07, 6.45) is 2.06. The fourth-order valence-corrected chi connectivity index (χ4v) is 2.84. The summed E-state index contributed by atoms with van der Waals surface area (Å²) in [6, 6.07) is 7.96. The van der Waals surface area contributed by atoms with Crippen LogP contribution < -0.4 is 5.32 Å². The molecule has 3 rings (SSSR count). The van der Waals surface area contributed by atoms with Gasteiger partial charge in [0.25, 0.3) is 0 Å². The molecule has 1 saturated carbocycles. The molecule has 5 nitrogen and oxygen atoms in total. The highest BCUT2D eigenvalue weighted by Gasteiger charge is 2.30. The number of halogens is 2. The molecule has 1 aromatic heterocycles. The van der Waals surface area contributed by atoms with Gasteiger partial charge in [0.1, 0.15) is 16.7 Å². The van der Waals surface area contributed by atoms with Gasteiger partial charge in [-0.15, -0.1) is 0 Å². The Morgan fingerprint density at radius 2 is 2.00 bits per heavy atom. The highest BCUT2D eigenvalue weighted by molar-refractivity contribution is 9.10. The first-order valence-corrected chi connectivity index (χ1v) is 8.84. The van der Waals surface area contributed by atoms with Gasteiger partial charge < -0.3 is 10.1 Å². The van der Waals surface area contributed by atoms with E-state index in [0.717, 1.165) is 22.9 Å². The molecule has 1 atom stereocenters. The molecule has 1 N–H and O–H groups in total. The second-order valence-corrected chi connectivity index (χ2v) is 7.07. The van der Waals surface area contributed by atoms with Crippen LogP contribution in [0, 0.1) is 0 Å². The van der Waals surface area contributed by atoms with Gasteiger partial charge in [0, 0.05) is 16.4 Å². The van der Waals surface area contributed by atoms with Crippen molar-refractivity contribution in [3.05, 3.63) is 50.8 Å². The van der Waals surface area contributed by atoms with Gasteiger partial charge in [0.2, 0.25) is 0 Å². The number of methoxy groups -OCH3 is 1. The van der Waals surface area contributed by atoms with Crippen LogP contribution in [0.4, 0.5) is 5.82 Å². The van der Waals surface area contributed by atoms with Crippen LogP contribution >= 0.6 is 27.5 Å².